The molecule has 2 rings (SSSR count). The van der Waals surface area contributed by atoms with Crippen LogP contribution in [-0.4, -0.2) is 15.5 Å². The van der Waals surface area contributed by atoms with Crippen molar-refractivity contribution in [1.29, 1.82) is 0 Å². The van der Waals surface area contributed by atoms with Crippen molar-refractivity contribution in [3.63, 3.8) is 0 Å². The third-order valence-corrected chi connectivity index (χ3v) is 4.14. The molecule has 0 aromatic heterocycles. The minimum atomic E-state index is -5.04. The number of anilines is 1. The van der Waals surface area contributed by atoms with E-state index in [1.165, 1.54) is 7.11 Å². The lowest BCUT2D eigenvalue weighted by Crippen LogP contribution is -2.18. The van der Waals surface area contributed by atoms with E-state index in [0.717, 1.165) is 12.1 Å². The Morgan fingerprint density at radius 3 is 1.96 bits per heavy atom. The maximum atomic E-state index is 13.5. The highest BCUT2D eigenvalue weighted by Gasteiger charge is 2.30. The summed E-state index contributed by atoms with van der Waals surface area (Å²) in [5, 5.41) is 0. The van der Waals surface area contributed by atoms with Crippen LogP contribution in [0.25, 0.3) is 0 Å². The van der Waals surface area contributed by atoms with E-state index in [0.29, 0.717) is 6.07 Å². The van der Waals surface area contributed by atoms with Crippen LogP contribution in [0.5, 0.6) is 5.75 Å². The predicted octanol–water partition coefficient (Wildman–Crippen LogP) is 3.19. The zero-order valence-corrected chi connectivity index (χ0v) is 12.1. The largest absolute Gasteiger partial charge is 0.494 e. The van der Waals surface area contributed by atoms with Gasteiger partial charge in [-0.25, -0.2) is 30.4 Å². The smallest absolute Gasteiger partial charge is 0.267 e. The number of halogens is 5. The van der Waals surface area contributed by atoms with Crippen LogP contribution in [0.1, 0.15) is 0 Å². The van der Waals surface area contributed by atoms with E-state index in [1.54, 1.807) is 4.72 Å². The maximum Gasteiger partial charge on any atom is 0.267 e. The lowest BCUT2D eigenvalue weighted by molar-refractivity contribution is 0.386. The summed E-state index contributed by atoms with van der Waals surface area (Å²) in [6.45, 7) is 0. The summed E-state index contributed by atoms with van der Waals surface area (Å²) in [4.78, 5) is -1.84. The van der Waals surface area contributed by atoms with Gasteiger partial charge in [0, 0.05) is 12.1 Å². The molecule has 10 heteroatoms. The summed E-state index contributed by atoms with van der Waals surface area (Å²) in [5.74, 6) is -9.12. The molecule has 0 saturated heterocycles. The maximum absolute atomic E-state index is 13.5. The minimum absolute atomic E-state index is 0.128. The molecular formula is C13H8F5NO3S. The van der Waals surface area contributed by atoms with E-state index in [2.05, 4.69) is 4.74 Å². The molecule has 0 fully saturated rings. The second-order valence-corrected chi connectivity index (χ2v) is 5.87. The van der Waals surface area contributed by atoms with Gasteiger partial charge in [0.1, 0.15) is 0 Å². The lowest BCUT2D eigenvalue weighted by Gasteiger charge is -2.11. The van der Waals surface area contributed by atoms with Crippen molar-refractivity contribution in [2.45, 2.75) is 4.90 Å². The third kappa shape index (κ3) is 3.21. The highest BCUT2D eigenvalue weighted by Crippen LogP contribution is 2.27. The topological polar surface area (TPSA) is 55.4 Å². The van der Waals surface area contributed by atoms with Crippen LogP contribution in [0.3, 0.4) is 0 Å². The number of ether oxygens (including phenoxy) is 1. The highest BCUT2D eigenvalue weighted by atomic mass is 32.2. The standard InChI is InChI=1S/C13H8F5NO3S/c1-22-10-3-2-6(4-7(10)14)19-23(20,21)13-11(17)8(15)5-9(16)12(13)18/h2-5,19H,1H3. The van der Waals surface area contributed by atoms with Gasteiger partial charge in [-0.3, -0.25) is 4.72 Å². The van der Waals surface area contributed by atoms with E-state index in [9.17, 15) is 30.4 Å². The SMILES string of the molecule is COc1ccc(NS(=O)(=O)c2c(F)c(F)cc(F)c2F)cc1F. The Kier molecular flexibility index (Phi) is 4.46. The molecule has 2 aromatic rings. The number of nitrogens with one attached hydrogen (secondary N) is 1. The molecule has 0 aliphatic carbocycles. The van der Waals surface area contributed by atoms with Crippen LogP contribution in [0.15, 0.2) is 29.2 Å². The van der Waals surface area contributed by atoms with Crippen molar-refractivity contribution >= 4 is 15.7 Å². The molecular weight excluding hydrogens is 345 g/mol. The van der Waals surface area contributed by atoms with Crippen LogP contribution in [0.2, 0.25) is 0 Å². The first-order valence-corrected chi connectivity index (χ1v) is 7.35. The van der Waals surface area contributed by atoms with Gasteiger partial charge in [0.2, 0.25) is 0 Å². The second kappa shape index (κ2) is 6.03. The molecule has 0 atom stereocenters. The molecule has 0 aliphatic rings. The zero-order chi connectivity index (χ0) is 17.4. The summed E-state index contributed by atoms with van der Waals surface area (Å²) in [6, 6.07) is 2.62. The molecule has 0 saturated carbocycles. The van der Waals surface area contributed by atoms with Gasteiger partial charge in [-0.1, -0.05) is 0 Å². The van der Waals surface area contributed by atoms with Crippen molar-refractivity contribution in [2.75, 3.05) is 11.8 Å². The Labute approximate surface area is 127 Å². The molecule has 2 aromatic carbocycles. The molecule has 0 amide bonds. The molecule has 23 heavy (non-hydrogen) atoms. The van der Waals surface area contributed by atoms with Crippen LogP contribution in [0, 0.1) is 29.1 Å². The van der Waals surface area contributed by atoms with Crippen molar-refractivity contribution in [1.82, 2.24) is 0 Å². The summed E-state index contributed by atoms with van der Waals surface area (Å²) >= 11 is 0. The average molecular weight is 353 g/mol. The predicted molar refractivity (Wildman–Crippen MR) is 70.0 cm³/mol. The van der Waals surface area contributed by atoms with Crippen molar-refractivity contribution < 1.29 is 35.1 Å². The van der Waals surface area contributed by atoms with Gasteiger partial charge in [0.25, 0.3) is 10.0 Å². The second-order valence-electron chi connectivity index (χ2n) is 4.25. The van der Waals surface area contributed by atoms with Gasteiger partial charge in [0.15, 0.2) is 39.7 Å². The fourth-order valence-electron chi connectivity index (χ4n) is 1.72. The first-order valence-electron chi connectivity index (χ1n) is 5.86. The summed E-state index contributed by atoms with van der Waals surface area (Å²) < 4.78 is 96.9. The van der Waals surface area contributed by atoms with Crippen LogP contribution in [-0.2, 0) is 10.0 Å². The fraction of sp³-hybridized carbons (Fsp3) is 0.0769. The van der Waals surface area contributed by atoms with Crippen molar-refractivity contribution in [2.24, 2.45) is 0 Å². The number of hydrogen-bond acceptors (Lipinski definition) is 3. The van der Waals surface area contributed by atoms with E-state index in [4.69, 9.17) is 0 Å². The number of hydrogen-bond donors (Lipinski definition) is 1. The van der Waals surface area contributed by atoms with Gasteiger partial charge >= 0.3 is 0 Å². The van der Waals surface area contributed by atoms with E-state index < -0.39 is 49.7 Å². The highest BCUT2D eigenvalue weighted by molar-refractivity contribution is 7.92. The number of methoxy groups -OCH3 is 1. The molecule has 0 unspecified atom stereocenters. The minimum Gasteiger partial charge on any atom is -0.494 e. The molecule has 0 radical (unpaired) electrons. The number of sulfonamides is 1. The molecule has 1 N–H and O–H groups in total. The van der Waals surface area contributed by atoms with Crippen LogP contribution in [0.4, 0.5) is 27.6 Å². The van der Waals surface area contributed by atoms with Crippen LogP contribution >= 0.6 is 0 Å². The Bertz CT molecular complexity index is 844. The van der Waals surface area contributed by atoms with Crippen molar-refractivity contribution in [3.05, 3.63) is 53.4 Å². The normalized spacial score (nSPS) is 11.4. The van der Waals surface area contributed by atoms with Gasteiger partial charge in [-0.05, 0) is 12.1 Å². The Hall–Kier alpha value is -2.36. The van der Waals surface area contributed by atoms with Crippen LogP contribution < -0.4 is 9.46 Å². The average Bonchev–Trinajstić information content (AvgIpc) is 2.45. The molecule has 0 spiro atoms. The number of rotatable bonds is 4. The quantitative estimate of drug-likeness (QED) is 0.678. The summed E-state index contributed by atoms with van der Waals surface area (Å²) in [6.07, 6.45) is 0. The number of benzene rings is 2. The Balaban J connectivity index is 2.50. The van der Waals surface area contributed by atoms with Gasteiger partial charge in [-0.15, -0.1) is 0 Å². The molecule has 4 nitrogen and oxygen atoms in total. The van der Waals surface area contributed by atoms with Gasteiger partial charge in [0.05, 0.1) is 12.8 Å². The first kappa shape index (κ1) is 17.0. The molecule has 0 heterocycles. The van der Waals surface area contributed by atoms with E-state index in [-0.39, 0.29) is 11.8 Å². The monoisotopic (exact) mass is 353 g/mol. The van der Waals surface area contributed by atoms with Gasteiger partial charge in [-0.2, -0.15) is 0 Å². The van der Waals surface area contributed by atoms with E-state index in [1.807, 2.05) is 0 Å². The Morgan fingerprint density at radius 2 is 1.48 bits per heavy atom. The first-order chi connectivity index (χ1) is 10.7. The Morgan fingerprint density at radius 1 is 0.913 bits per heavy atom. The molecule has 0 bridgehead atoms. The van der Waals surface area contributed by atoms with E-state index >= 15 is 0 Å². The lowest BCUT2D eigenvalue weighted by atomic mass is 10.3. The fourth-order valence-corrected chi connectivity index (χ4v) is 2.93. The van der Waals surface area contributed by atoms with Gasteiger partial charge < -0.3 is 4.74 Å². The third-order valence-electron chi connectivity index (χ3n) is 2.74. The zero-order valence-electron chi connectivity index (χ0n) is 11.3. The molecule has 0 aliphatic heterocycles. The summed E-state index contributed by atoms with van der Waals surface area (Å²) in [7, 11) is -3.87. The summed E-state index contributed by atoms with van der Waals surface area (Å²) in [5.41, 5.74) is -0.424. The van der Waals surface area contributed by atoms with Crippen molar-refractivity contribution in [3.8, 4) is 5.75 Å². The molecule has 124 valence electrons.